The molecule has 0 aliphatic heterocycles. The van der Waals surface area contributed by atoms with Gasteiger partial charge in [-0.2, -0.15) is 0 Å². The maximum atomic E-state index is 4.28. The van der Waals surface area contributed by atoms with Gasteiger partial charge in [-0.15, -0.1) is 0 Å². The Morgan fingerprint density at radius 3 is 2.76 bits per heavy atom. The maximum Gasteiger partial charge on any atom is 0.190 e. The SMILES string of the molecule is CN=C(NCCc1cccnc1)NCCc1c[nH]c2cc(C)ccc12. The lowest BCUT2D eigenvalue weighted by molar-refractivity contribution is 0.784. The molecule has 0 saturated carbocycles. The molecule has 2 aromatic heterocycles. The van der Waals surface area contributed by atoms with Crippen molar-refractivity contribution in [2.24, 2.45) is 4.99 Å². The number of rotatable bonds is 6. The molecule has 3 aromatic rings. The minimum absolute atomic E-state index is 0.831. The molecule has 130 valence electrons. The Labute approximate surface area is 148 Å². The fourth-order valence-electron chi connectivity index (χ4n) is 2.91. The molecule has 0 amide bonds. The predicted octanol–water partition coefficient (Wildman–Crippen LogP) is 2.82. The quantitative estimate of drug-likeness (QED) is 0.479. The molecule has 0 unspecified atom stereocenters. The highest BCUT2D eigenvalue weighted by Gasteiger charge is 2.04. The second kappa shape index (κ2) is 8.33. The van der Waals surface area contributed by atoms with E-state index < -0.39 is 0 Å². The van der Waals surface area contributed by atoms with E-state index in [0.717, 1.165) is 31.9 Å². The van der Waals surface area contributed by atoms with Crippen LogP contribution in [0.25, 0.3) is 10.9 Å². The van der Waals surface area contributed by atoms with Gasteiger partial charge in [0.05, 0.1) is 0 Å². The Morgan fingerprint density at radius 2 is 2.00 bits per heavy atom. The highest BCUT2D eigenvalue weighted by atomic mass is 15.2. The fourth-order valence-corrected chi connectivity index (χ4v) is 2.91. The molecule has 0 atom stereocenters. The van der Waals surface area contributed by atoms with Crippen LogP contribution in [0.1, 0.15) is 16.7 Å². The lowest BCUT2D eigenvalue weighted by Crippen LogP contribution is -2.39. The first-order chi connectivity index (χ1) is 12.3. The number of benzene rings is 1. The van der Waals surface area contributed by atoms with Crippen LogP contribution < -0.4 is 10.6 Å². The van der Waals surface area contributed by atoms with E-state index in [0.29, 0.717) is 0 Å². The number of aromatic amines is 1. The third-order valence-corrected chi connectivity index (χ3v) is 4.26. The summed E-state index contributed by atoms with van der Waals surface area (Å²) in [4.78, 5) is 11.8. The van der Waals surface area contributed by atoms with Crippen LogP contribution in [-0.4, -0.2) is 36.1 Å². The van der Waals surface area contributed by atoms with Crippen LogP contribution in [0.3, 0.4) is 0 Å². The van der Waals surface area contributed by atoms with E-state index in [1.54, 1.807) is 13.2 Å². The normalized spacial score (nSPS) is 11.7. The number of hydrogen-bond donors (Lipinski definition) is 3. The molecule has 0 fully saturated rings. The van der Waals surface area contributed by atoms with Gasteiger partial charge in [-0.1, -0.05) is 18.2 Å². The lowest BCUT2D eigenvalue weighted by Gasteiger charge is -2.11. The van der Waals surface area contributed by atoms with Crippen molar-refractivity contribution < 1.29 is 0 Å². The molecule has 0 spiro atoms. The first-order valence-electron chi connectivity index (χ1n) is 8.66. The van der Waals surface area contributed by atoms with Gasteiger partial charge in [0.15, 0.2) is 5.96 Å². The summed E-state index contributed by atoms with van der Waals surface area (Å²) in [5, 5.41) is 8.02. The monoisotopic (exact) mass is 335 g/mol. The Bertz CT molecular complexity index is 836. The average molecular weight is 335 g/mol. The first-order valence-corrected chi connectivity index (χ1v) is 8.66. The summed E-state index contributed by atoms with van der Waals surface area (Å²) >= 11 is 0. The highest BCUT2D eigenvalue weighted by molar-refractivity contribution is 5.84. The van der Waals surface area contributed by atoms with Gasteiger partial charge in [0.2, 0.25) is 0 Å². The minimum atomic E-state index is 0.831. The lowest BCUT2D eigenvalue weighted by atomic mass is 10.1. The average Bonchev–Trinajstić information content (AvgIpc) is 3.03. The molecule has 5 nitrogen and oxygen atoms in total. The van der Waals surface area contributed by atoms with E-state index in [9.17, 15) is 0 Å². The molecule has 0 saturated heterocycles. The highest BCUT2D eigenvalue weighted by Crippen LogP contribution is 2.19. The van der Waals surface area contributed by atoms with Gasteiger partial charge in [-0.25, -0.2) is 0 Å². The zero-order valence-electron chi connectivity index (χ0n) is 14.8. The number of aliphatic imine (C=N–C) groups is 1. The van der Waals surface area contributed by atoms with E-state index in [4.69, 9.17) is 0 Å². The third kappa shape index (κ3) is 4.59. The number of hydrogen-bond acceptors (Lipinski definition) is 2. The molecule has 0 aliphatic carbocycles. The smallest absolute Gasteiger partial charge is 0.190 e. The summed E-state index contributed by atoms with van der Waals surface area (Å²) in [5.41, 5.74) is 5.03. The van der Waals surface area contributed by atoms with Crippen molar-refractivity contribution in [3.63, 3.8) is 0 Å². The number of aryl methyl sites for hydroxylation is 1. The summed E-state index contributed by atoms with van der Waals surface area (Å²) < 4.78 is 0. The number of H-pyrrole nitrogens is 1. The molecule has 3 N–H and O–H groups in total. The molecular weight excluding hydrogens is 310 g/mol. The van der Waals surface area contributed by atoms with Crippen molar-refractivity contribution in [2.45, 2.75) is 19.8 Å². The predicted molar refractivity (Wildman–Crippen MR) is 104 cm³/mol. The number of nitrogens with zero attached hydrogens (tertiary/aromatic N) is 2. The molecule has 0 radical (unpaired) electrons. The van der Waals surface area contributed by atoms with Crippen molar-refractivity contribution in [3.05, 3.63) is 65.6 Å². The number of guanidine groups is 1. The van der Waals surface area contributed by atoms with Crippen LogP contribution in [0, 0.1) is 6.92 Å². The summed E-state index contributed by atoms with van der Waals surface area (Å²) in [6.45, 7) is 3.79. The van der Waals surface area contributed by atoms with E-state index in [2.05, 4.69) is 63.0 Å². The van der Waals surface area contributed by atoms with Crippen LogP contribution in [0.15, 0.2) is 53.9 Å². The third-order valence-electron chi connectivity index (χ3n) is 4.26. The largest absolute Gasteiger partial charge is 0.361 e. The van der Waals surface area contributed by atoms with Crippen molar-refractivity contribution in [1.29, 1.82) is 0 Å². The summed E-state index contributed by atoms with van der Waals surface area (Å²) in [6.07, 6.45) is 7.67. The van der Waals surface area contributed by atoms with Gasteiger partial charge in [0.1, 0.15) is 0 Å². The van der Waals surface area contributed by atoms with Crippen molar-refractivity contribution in [2.75, 3.05) is 20.1 Å². The van der Waals surface area contributed by atoms with Crippen LogP contribution in [0.5, 0.6) is 0 Å². The molecule has 2 heterocycles. The topological polar surface area (TPSA) is 65.1 Å². The number of pyridine rings is 1. The fraction of sp³-hybridized carbons (Fsp3) is 0.300. The van der Waals surface area contributed by atoms with Crippen molar-refractivity contribution in [1.82, 2.24) is 20.6 Å². The van der Waals surface area contributed by atoms with Crippen LogP contribution in [0.4, 0.5) is 0 Å². The van der Waals surface area contributed by atoms with E-state index in [-0.39, 0.29) is 0 Å². The number of nitrogens with one attached hydrogen (secondary N) is 3. The van der Waals surface area contributed by atoms with Gasteiger partial charge in [-0.3, -0.25) is 9.98 Å². The van der Waals surface area contributed by atoms with Crippen LogP contribution in [-0.2, 0) is 12.8 Å². The summed E-state index contributed by atoms with van der Waals surface area (Å²) in [7, 11) is 1.80. The minimum Gasteiger partial charge on any atom is -0.361 e. The first kappa shape index (κ1) is 17.0. The van der Waals surface area contributed by atoms with E-state index >= 15 is 0 Å². The molecule has 1 aromatic carbocycles. The molecule has 25 heavy (non-hydrogen) atoms. The van der Waals surface area contributed by atoms with Crippen molar-refractivity contribution >= 4 is 16.9 Å². The second-order valence-corrected chi connectivity index (χ2v) is 6.15. The summed E-state index contributed by atoms with van der Waals surface area (Å²) in [6, 6.07) is 10.6. The van der Waals surface area contributed by atoms with Crippen LogP contribution >= 0.6 is 0 Å². The molecule has 5 heteroatoms. The zero-order valence-corrected chi connectivity index (χ0v) is 14.8. The standard InChI is InChI=1S/C20H25N5/c1-15-5-6-18-17(14-25-19(18)12-15)8-11-24-20(21-2)23-10-7-16-4-3-9-22-13-16/h3-6,9,12-14,25H,7-8,10-11H2,1-2H3,(H2,21,23,24). The van der Waals surface area contributed by atoms with Gasteiger partial charge < -0.3 is 15.6 Å². The maximum absolute atomic E-state index is 4.28. The Kier molecular flexibility index (Phi) is 5.67. The van der Waals surface area contributed by atoms with Gasteiger partial charge in [0, 0.05) is 49.6 Å². The van der Waals surface area contributed by atoms with Crippen LogP contribution in [0.2, 0.25) is 0 Å². The molecular formula is C20H25N5. The Balaban J connectivity index is 1.46. The molecule has 0 bridgehead atoms. The second-order valence-electron chi connectivity index (χ2n) is 6.15. The zero-order chi connectivity index (χ0) is 17.5. The molecule has 0 aliphatic rings. The summed E-state index contributed by atoms with van der Waals surface area (Å²) in [5.74, 6) is 0.833. The number of aromatic nitrogens is 2. The van der Waals surface area contributed by atoms with Crippen molar-refractivity contribution in [3.8, 4) is 0 Å². The number of fused-ring (bicyclic) bond motifs is 1. The van der Waals surface area contributed by atoms with Gasteiger partial charge in [-0.05, 0) is 48.6 Å². The van der Waals surface area contributed by atoms with Gasteiger partial charge in [0.25, 0.3) is 0 Å². The van der Waals surface area contributed by atoms with E-state index in [1.165, 1.54) is 27.6 Å². The van der Waals surface area contributed by atoms with E-state index in [1.807, 2.05) is 12.3 Å². The van der Waals surface area contributed by atoms with Gasteiger partial charge >= 0.3 is 0 Å². The Morgan fingerprint density at radius 1 is 1.16 bits per heavy atom. The molecule has 3 rings (SSSR count). The Hall–Kier alpha value is -2.82.